The van der Waals surface area contributed by atoms with Crippen molar-refractivity contribution in [2.24, 2.45) is 0 Å². The maximum atomic E-state index is 12.9. The second-order valence-corrected chi connectivity index (χ2v) is 5.66. The van der Waals surface area contributed by atoms with Gasteiger partial charge >= 0.3 is 0 Å². The van der Waals surface area contributed by atoms with Crippen LogP contribution >= 0.6 is 0 Å². The molecule has 0 atom stereocenters. The van der Waals surface area contributed by atoms with Gasteiger partial charge in [-0.15, -0.1) is 0 Å². The van der Waals surface area contributed by atoms with Gasteiger partial charge in [-0.2, -0.15) is 5.26 Å². The van der Waals surface area contributed by atoms with E-state index in [0.29, 0.717) is 5.56 Å². The number of nitrogen functional groups attached to an aromatic ring is 1. The van der Waals surface area contributed by atoms with Crippen molar-refractivity contribution in [2.75, 3.05) is 10.5 Å². The minimum absolute atomic E-state index is 0.0118. The Labute approximate surface area is 115 Å². The molecule has 0 spiro atoms. The third-order valence-electron chi connectivity index (χ3n) is 2.55. The van der Waals surface area contributed by atoms with Crippen LogP contribution in [0.3, 0.4) is 0 Å². The number of halogens is 1. The molecule has 0 aliphatic heterocycles. The van der Waals surface area contributed by atoms with E-state index in [1.54, 1.807) is 0 Å². The summed E-state index contributed by atoms with van der Waals surface area (Å²) in [6.45, 7) is 0. The molecule has 2 aromatic rings. The van der Waals surface area contributed by atoms with Crippen LogP contribution < -0.4 is 10.5 Å². The molecular formula is C13H10FN3O2S. The largest absolute Gasteiger partial charge is 0.397 e. The molecule has 0 saturated heterocycles. The van der Waals surface area contributed by atoms with E-state index < -0.39 is 15.8 Å². The molecule has 0 aromatic heterocycles. The summed E-state index contributed by atoms with van der Waals surface area (Å²) in [5.41, 5.74) is 5.98. The molecule has 0 radical (unpaired) electrons. The number of anilines is 2. The molecule has 2 aromatic carbocycles. The van der Waals surface area contributed by atoms with Crippen LogP contribution in [0.1, 0.15) is 5.56 Å². The summed E-state index contributed by atoms with van der Waals surface area (Å²) in [5, 5.41) is 8.66. The van der Waals surface area contributed by atoms with Gasteiger partial charge in [0.2, 0.25) is 0 Å². The first-order valence-corrected chi connectivity index (χ1v) is 6.99. The molecule has 0 saturated carbocycles. The topological polar surface area (TPSA) is 96.0 Å². The Kier molecular flexibility index (Phi) is 3.59. The number of benzene rings is 2. The molecule has 5 nitrogen and oxygen atoms in total. The summed E-state index contributed by atoms with van der Waals surface area (Å²) in [7, 11) is -3.84. The lowest BCUT2D eigenvalue weighted by molar-refractivity contribution is 0.601. The quantitative estimate of drug-likeness (QED) is 0.846. The van der Waals surface area contributed by atoms with Crippen LogP contribution in [0.4, 0.5) is 15.8 Å². The number of nitrogens with zero attached hydrogens (tertiary/aromatic N) is 1. The highest BCUT2D eigenvalue weighted by molar-refractivity contribution is 7.92. The summed E-state index contributed by atoms with van der Waals surface area (Å²) in [6.07, 6.45) is 0. The van der Waals surface area contributed by atoms with Gasteiger partial charge in [0.05, 0.1) is 27.9 Å². The van der Waals surface area contributed by atoms with E-state index in [1.807, 2.05) is 6.07 Å². The fourth-order valence-corrected chi connectivity index (χ4v) is 2.63. The Balaban J connectivity index is 2.33. The van der Waals surface area contributed by atoms with E-state index in [-0.39, 0.29) is 16.3 Å². The average Bonchev–Trinajstić information content (AvgIpc) is 2.42. The van der Waals surface area contributed by atoms with Gasteiger partial charge in [-0.25, -0.2) is 12.8 Å². The highest BCUT2D eigenvalue weighted by Gasteiger charge is 2.15. The zero-order chi connectivity index (χ0) is 14.8. The first-order chi connectivity index (χ1) is 9.42. The summed E-state index contributed by atoms with van der Waals surface area (Å²) in [6, 6.07) is 10.7. The standard InChI is InChI=1S/C13H10FN3O2S/c14-10-3-6-13(12(16)7-10)17-20(18,19)11-4-1-9(8-15)2-5-11/h1-7,17H,16H2. The van der Waals surface area contributed by atoms with Crippen molar-refractivity contribution in [1.29, 1.82) is 5.26 Å². The number of nitrogens with two attached hydrogens (primary N) is 1. The van der Waals surface area contributed by atoms with Crippen molar-refractivity contribution in [3.63, 3.8) is 0 Å². The van der Waals surface area contributed by atoms with Gasteiger partial charge in [0.1, 0.15) is 5.82 Å². The third kappa shape index (κ3) is 2.87. The van der Waals surface area contributed by atoms with E-state index in [9.17, 15) is 12.8 Å². The molecular weight excluding hydrogens is 281 g/mol. The van der Waals surface area contributed by atoms with Gasteiger partial charge in [0.25, 0.3) is 10.0 Å². The molecule has 7 heteroatoms. The van der Waals surface area contributed by atoms with E-state index in [1.165, 1.54) is 30.3 Å². The van der Waals surface area contributed by atoms with E-state index in [2.05, 4.69) is 4.72 Å². The maximum Gasteiger partial charge on any atom is 0.261 e. The van der Waals surface area contributed by atoms with Gasteiger partial charge in [0, 0.05) is 0 Å². The fraction of sp³-hybridized carbons (Fsp3) is 0. The van der Waals surface area contributed by atoms with Gasteiger partial charge in [-0.1, -0.05) is 0 Å². The Bertz CT molecular complexity index is 780. The van der Waals surface area contributed by atoms with Crippen LogP contribution in [-0.2, 0) is 10.0 Å². The number of rotatable bonds is 3. The molecule has 102 valence electrons. The maximum absolute atomic E-state index is 12.9. The number of nitriles is 1. The zero-order valence-corrected chi connectivity index (χ0v) is 11.0. The number of hydrogen-bond acceptors (Lipinski definition) is 4. The molecule has 3 N–H and O–H groups in total. The van der Waals surface area contributed by atoms with Crippen LogP contribution in [0.15, 0.2) is 47.4 Å². The van der Waals surface area contributed by atoms with Crippen molar-refractivity contribution < 1.29 is 12.8 Å². The molecule has 0 aliphatic rings. The van der Waals surface area contributed by atoms with Crippen molar-refractivity contribution in [3.05, 3.63) is 53.8 Å². The summed E-state index contributed by atoms with van der Waals surface area (Å²) >= 11 is 0. The monoisotopic (exact) mass is 291 g/mol. The Morgan fingerprint density at radius 1 is 1.15 bits per heavy atom. The summed E-state index contributed by atoms with van der Waals surface area (Å²) in [5.74, 6) is -0.552. The molecule has 0 unspecified atom stereocenters. The van der Waals surface area contributed by atoms with E-state index in [4.69, 9.17) is 11.0 Å². The van der Waals surface area contributed by atoms with Crippen LogP contribution in [0.25, 0.3) is 0 Å². The number of hydrogen-bond donors (Lipinski definition) is 2. The second-order valence-electron chi connectivity index (χ2n) is 3.97. The molecule has 0 aliphatic carbocycles. The van der Waals surface area contributed by atoms with Crippen molar-refractivity contribution in [3.8, 4) is 6.07 Å². The minimum atomic E-state index is -3.84. The van der Waals surface area contributed by atoms with Gasteiger partial charge < -0.3 is 5.73 Å². The SMILES string of the molecule is N#Cc1ccc(S(=O)(=O)Nc2ccc(F)cc2N)cc1. The lowest BCUT2D eigenvalue weighted by Gasteiger charge is -2.10. The van der Waals surface area contributed by atoms with Crippen LogP contribution in [0.2, 0.25) is 0 Å². The summed E-state index contributed by atoms with van der Waals surface area (Å²) in [4.78, 5) is -0.0137. The van der Waals surface area contributed by atoms with Crippen LogP contribution in [-0.4, -0.2) is 8.42 Å². The van der Waals surface area contributed by atoms with Crippen molar-refractivity contribution >= 4 is 21.4 Å². The first-order valence-electron chi connectivity index (χ1n) is 5.50. The first kappa shape index (κ1) is 13.8. The zero-order valence-electron chi connectivity index (χ0n) is 10.2. The lowest BCUT2D eigenvalue weighted by atomic mass is 10.2. The van der Waals surface area contributed by atoms with Gasteiger partial charge in [-0.05, 0) is 42.5 Å². The highest BCUT2D eigenvalue weighted by atomic mass is 32.2. The van der Waals surface area contributed by atoms with E-state index >= 15 is 0 Å². The molecule has 0 fully saturated rings. The van der Waals surface area contributed by atoms with Crippen molar-refractivity contribution in [1.82, 2.24) is 0 Å². The molecule has 20 heavy (non-hydrogen) atoms. The lowest BCUT2D eigenvalue weighted by Crippen LogP contribution is -2.14. The predicted octanol–water partition coefficient (Wildman–Crippen LogP) is 2.08. The Morgan fingerprint density at radius 2 is 1.80 bits per heavy atom. The molecule has 0 bridgehead atoms. The third-order valence-corrected chi connectivity index (χ3v) is 3.93. The van der Waals surface area contributed by atoms with Gasteiger partial charge in [0.15, 0.2) is 0 Å². The Hall–Kier alpha value is -2.59. The molecule has 0 heterocycles. The van der Waals surface area contributed by atoms with Crippen LogP contribution in [0, 0.1) is 17.1 Å². The molecule has 2 rings (SSSR count). The number of sulfonamides is 1. The highest BCUT2D eigenvalue weighted by Crippen LogP contribution is 2.23. The molecule has 0 amide bonds. The predicted molar refractivity (Wildman–Crippen MR) is 72.8 cm³/mol. The smallest absolute Gasteiger partial charge is 0.261 e. The summed E-state index contributed by atoms with van der Waals surface area (Å²) < 4.78 is 39.4. The number of nitrogens with one attached hydrogen (secondary N) is 1. The normalized spacial score (nSPS) is 10.8. The van der Waals surface area contributed by atoms with Crippen molar-refractivity contribution in [2.45, 2.75) is 4.90 Å². The van der Waals surface area contributed by atoms with E-state index in [0.717, 1.165) is 12.1 Å². The second kappa shape index (κ2) is 5.19. The van der Waals surface area contributed by atoms with Crippen LogP contribution in [0.5, 0.6) is 0 Å². The Morgan fingerprint density at radius 3 is 2.35 bits per heavy atom. The van der Waals surface area contributed by atoms with Gasteiger partial charge in [-0.3, -0.25) is 4.72 Å². The fourth-order valence-electron chi connectivity index (χ4n) is 1.54. The average molecular weight is 291 g/mol. The minimum Gasteiger partial charge on any atom is -0.397 e.